The van der Waals surface area contributed by atoms with Gasteiger partial charge < -0.3 is 16.4 Å². The van der Waals surface area contributed by atoms with Crippen molar-refractivity contribution >= 4 is 6.03 Å². The van der Waals surface area contributed by atoms with Gasteiger partial charge in [0.1, 0.15) is 0 Å². The van der Waals surface area contributed by atoms with Gasteiger partial charge in [-0.2, -0.15) is 0 Å². The van der Waals surface area contributed by atoms with Crippen LogP contribution in [0.4, 0.5) is 4.79 Å². The van der Waals surface area contributed by atoms with Gasteiger partial charge in [0.15, 0.2) is 0 Å². The molecule has 2 amide bonds. The van der Waals surface area contributed by atoms with Crippen molar-refractivity contribution in [3.8, 4) is 0 Å². The Hall–Kier alpha value is -0.770. The van der Waals surface area contributed by atoms with E-state index in [0.717, 1.165) is 38.8 Å². The Morgan fingerprint density at radius 1 is 1.35 bits per heavy atom. The van der Waals surface area contributed by atoms with Crippen molar-refractivity contribution in [1.29, 1.82) is 0 Å². The fraction of sp³-hybridized carbons (Fsp3) is 0.923. The molecule has 1 unspecified atom stereocenters. The second kappa shape index (κ2) is 8.34. The molecule has 0 spiro atoms. The predicted octanol–water partition coefficient (Wildman–Crippen LogP) is 1.99. The Morgan fingerprint density at radius 2 is 2.06 bits per heavy atom. The molecule has 1 atom stereocenters. The van der Waals surface area contributed by atoms with E-state index in [-0.39, 0.29) is 6.03 Å². The van der Waals surface area contributed by atoms with E-state index >= 15 is 0 Å². The first-order valence-electron chi connectivity index (χ1n) is 6.96. The van der Waals surface area contributed by atoms with Crippen molar-refractivity contribution in [3.05, 3.63) is 0 Å². The number of nitrogens with one attached hydrogen (secondary N) is 2. The van der Waals surface area contributed by atoms with Gasteiger partial charge in [-0.25, -0.2) is 4.79 Å². The summed E-state index contributed by atoms with van der Waals surface area (Å²) >= 11 is 0. The molecule has 1 aliphatic carbocycles. The lowest BCUT2D eigenvalue weighted by molar-refractivity contribution is 0.232. The fourth-order valence-electron chi connectivity index (χ4n) is 2.25. The molecule has 100 valence electrons. The van der Waals surface area contributed by atoms with Gasteiger partial charge in [0.2, 0.25) is 0 Å². The molecule has 1 aliphatic rings. The lowest BCUT2D eigenvalue weighted by Crippen LogP contribution is -2.43. The zero-order valence-corrected chi connectivity index (χ0v) is 11.0. The van der Waals surface area contributed by atoms with E-state index < -0.39 is 0 Å². The molecule has 0 heterocycles. The average Bonchev–Trinajstić information content (AvgIpc) is 2.35. The summed E-state index contributed by atoms with van der Waals surface area (Å²) in [5, 5.41) is 5.96. The first-order chi connectivity index (χ1) is 8.22. The summed E-state index contributed by atoms with van der Waals surface area (Å²) in [6.07, 6.45) is 8.18. The lowest BCUT2D eigenvalue weighted by atomic mass is 9.96. The van der Waals surface area contributed by atoms with Crippen molar-refractivity contribution in [2.24, 2.45) is 11.7 Å². The van der Waals surface area contributed by atoms with Gasteiger partial charge in [-0.1, -0.05) is 26.2 Å². The molecule has 0 bridgehead atoms. The standard InChI is InChI=1S/C13H27N3O/c1-11(10-14)6-5-9-15-13(17)16-12-7-3-2-4-8-12/h11-12H,2-10,14H2,1H3,(H2,15,16,17). The molecule has 0 radical (unpaired) electrons. The largest absolute Gasteiger partial charge is 0.338 e. The van der Waals surface area contributed by atoms with Gasteiger partial charge in [-0.3, -0.25) is 0 Å². The van der Waals surface area contributed by atoms with E-state index in [2.05, 4.69) is 17.6 Å². The maximum absolute atomic E-state index is 11.6. The predicted molar refractivity (Wildman–Crippen MR) is 70.9 cm³/mol. The molecular formula is C13H27N3O. The number of nitrogens with two attached hydrogens (primary N) is 1. The van der Waals surface area contributed by atoms with Crippen LogP contribution in [0.2, 0.25) is 0 Å². The van der Waals surface area contributed by atoms with E-state index in [1.165, 1.54) is 19.3 Å². The maximum atomic E-state index is 11.6. The number of urea groups is 1. The van der Waals surface area contributed by atoms with Crippen molar-refractivity contribution in [3.63, 3.8) is 0 Å². The average molecular weight is 241 g/mol. The monoisotopic (exact) mass is 241 g/mol. The van der Waals surface area contributed by atoms with Gasteiger partial charge in [-0.05, 0) is 38.1 Å². The van der Waals surface area contributed by atoms with Crippen LogP contribution in [0.15, 0.2) is 0 Å². The highest BCUT2D eigenvalue weighted by atomic mass is 16.2. The fourth-order valence-corrected chi connectivity index (χ4v) is 2.25. The molecule has 0 saturated heterocycles. The second-order valence-corrected chi connectivity index (χ2v) is 5.22. The molecule has 0 aromatic carbocycles. The highest BCUT2D eigenvalue weighted by Crippen LogP contribution is 2.17. The Morgan fingerprint density at radius 3 is 2.71 bits per heavy atom. The minimum absolute atomic E-state index is 0.00250. The molecule has 1 saturated carbocycles. The number of carbonyl (C=O) groups excluding carboxylic acids is 1. The van der Waals surface area contributed by atoms with E-state index in [4.69, 9.17) is 5.73 Å². The van der Waals surface area contributed by atoms with Gasteiger partial charge in [0.05, 0.1) is 0 Å². The van der Waals surface area contributed by atoms with Crippen molar-refractivity contribution < 1.29 is 4.79 Å². The van der Waals surface area contributed by atoms with Crippen LogP contribution in [-0.4, -0.2) is 25.2 Å². The smallest absolute Gasteiger partial charge is 0.315 e. The summed E-state index contributed by atoms with van der Waals surface area (Å²) in [7, 11) is 0. The summed E-state index contributed by atoms with van der Waals surface area (Å²) in [4.78, 5) is 11.6. The van der Waals surface area contributed by atoms with E-state index in [0.29, 0.717) is 12.0 Å². The molecule has 0 aliphatic heterocycles. The molecular weight excluding hydrogens is 214 g/mol. The van der Waals surface area contributed by atoms with E-state index in [1.54, 1.807) is 0 Å². The Balaban J connectivity index is 2.00. The normalized spacial score (nSPS) is 18.7. The zero-order valence-electron chi connectivity index (χ0n) is 11.0. The Kier molecular flexibility index (Phi) is 7.01. The highest BCUT2D eigenvalue weighted by molar-refractivity contribution is 5.74. The number of rotatable bonds is 6. The van der Waals surface area contributed by atoms with Crippen LogP contribution in [0, 0.1) is 5.92 Å². The minimum Gasteiger partial charge on any atom is -0.338 e. The van der Waals surface area contributed by atoms with E-state index in [1.807, 2.05) is 0 Å². The van der Waals surface area contributed by atoms with Crippen LogP contribution in [-0.2, 0) is 0 Å². The van der Waals surface area contributed by atoms with Crippen molar-refractivity contribution in [1.82, 2.24) is 10.6 Å². The summed E-state index contributed by atoms with van der Waals surface area (Å²) in [5.41, 5.74) is 5.54. The maximum Gasteiger partial charge on any atom is 0.315 e. The number of carbonyl (C=O) groups is 1. The number of hydrogen-bond acceptors (Lipinski definition) is 2. The van der Waals surface area contributed by atoms with Crippen LogP contribution < -0.4 is 16.4 Å². The van der Waals surface area contributed by atoms with Gasteiger partial charge in [0, 0.05) is 12.6 Å². The van der Waals surface area contributed by atoms with Crippen LogP contribution >= 0.6 is 0 Å². The molecule has 4 heteroatoms. The molecule has 1 fully saturated rings. The number of hydrogen-bond donors (Lipinski definition) is 3. The summed E-state index contributed by atoms with van der Waals surface area (Å²) in [5.74, 6) is 0.554. The van der Waals surface area contributed by atoms with Crippen LogP contribution in [0.25, 0.3) is 0 Å². The third kappa shape index (κ3) is 6.51. The van der Waals surface area contributed by atoms with Gasteiger partial charge >= 0.3 is 6.03 Å². The topological polar surface area (TPSA) is 67.1 Å². The van der Waals surface area contributed by atoms with Crippen LogP contribution in [0.5, 0.6) is 0 Å². The molecule has 17 heavy (non-hydrogen) atoms. The summed E-state index contributed by atoms with van der Waals surface area (Å²) in [6, 6.07) is 0.393. The SMILES string of the molecule is CC(CN)CCCNC(=O)NC1CCCCC1. The summed E-state index contributed by atoms with van der Waals surface area (Å²) in [6.45, 7) is 3.62. The van der Waals surface area contributed by atoms with Crippen LogP contribution in [0.1, 0.15) is 51.9 Å². The molecule has 4 nitrogen and oxygen atoms in total. The quantitative estimate of drug-likeness (QED) is 0.623. The van der Waals surface area contributed by atoms with E-state index in [9.17, 15) is 4.79 Å². The Labute approximate surface area is 105 Å². The molecule has 0 aromatic rings. The minimum atomic E-state index is -0.00250. The molecule has 1 rings (SSSR count). The van der Waals surface area contributed by atoms with Gasteiger partial charge in [-0.15, -0.1) is 0 Å². The third-order valence-corrected chi connectivity index (χ3v) is 3.50. The third-order valence-electron chi connectivity index (χ3n) is 3.50. The first kappa shape index (κ1) is 14.3. The number of amides is 2. The van der Waals surface area contributed by atoms with Gasteiger partial charge in [0.25, 0.3) is 0 Å². The van der Waals surface area contributed by atoms with Crippen molar-refractivity contribution in [2.45, 2.75) is 57.9 Å². The van der Waals surface area contributed by atoms with Crippen molar-refractivity contribution in [2.75, 3.05) is 13.1 Å². The summed E-state index contributed by atoms with van der Waals surface area (Å²) < 4.78 is 0. The molecule has 4 N–H and O–H groups in total. The lowest BCUT2D eigenvalue weighted by Gasteiger charge is -2.22. The second-order valence-electron chi connectivity index (χ2n) is 5.22. The molecule has 0 aromatic heterocycles. The first-order valence-corrected chi connectivity index (χ1v) is 6.96. The zero-order chi connectivity index (χ0) is 12.5. The van der Waals surface area contributed by atoms with Crippen LogP contribution in [0.3, 0.4) is 0 Å². The highest BCUT2D eigenvalue weighted by Gasteiger charge is 2.14. The Bertz CT molecular complexity index is 215.